The second-order valence-electron chi connectivity index (χ2n) is 6.35. The van der Waals surface area contributed by atoms with E-state index in [2.05, 4.69) is 17.1 Å². The van der Waals surface area contributed by atoms with Gasteiger partial charge in [-0.3, -0.25) is 0 Å². The number of thiazole rings is 1. The molecule has 0 saturated carbocycles. The minimum atomic E-state index is -0.254. The van der Waals surface area contributed by atoms with Crippen LogP contribution in [0, 0.1) is 5.82 Å². The lowest BCUT2D eigenvalue weighted by atomic mass is 10.0. The van der Waals surface area contributed by atoms with Crippen LogP contribution in [-0.2, 0) is 0 Å². The van der Waals surface area contributed by atoms with Crippen molar-refractivity contribution in [2.24, 2.45) is 0 Å². The number of nitrogens with one attached hydrogen (secondary N) is 2. The molecule has 8 heteroatoms. The Morgan fingerprint density at radius 3 is 2.79 bits per heavy atom. The van der Waals surface area contributed by atoms with E-state index in [1.165, 1.54) is 38.0 Å². The number of piperazine rings is 1. The first-order chi connectivity index (χ1) is 11.6. The van der Waals surface area contributed by atoms with Crippen LogP contribution in [0.15, 0.2) is 30.6 Å². The fourth-order valence-electron chi connectivity index (χ4n) is 3.43. The molecule has 1 aliphatic heterocycles. The van der Waals surface area contributed by atoms with E-state index in [1.54, 1.807) is 12.1 Å². The molecule has 0 spiro atoms. The number of likely N-dealkylation sites (N-methyl/N-ethyl adjacent to an activating group) is 1. The Labute approximate surface area is 142 Å². The minimum Gasteiger partial charge on any atom is -0.492 e. The molecule has 2 aromatic heterocycles. The van der Waals surface area contributed by atoms with Crippen LogP contribution in [-0.4, -0.2) is 52.9 Å². The lowest BCUT2D eigenvalue weighted by Crippen LogP contribution is -3.27. The molecule has 4 rings (SSSR count). The van der Waals surface area contributed by atoms with Gasteiger partial charge in [0.05, 0.1) is 7.05 Å². The molecule has 1 atom stereocenters. The van der Waals surface area contributed by atoms with Crippen molar-refractivity contribution < 1.29 is 19.3 Å². The van der Waals surface area contributed by atoms with Crippen molar-refractivity contribution in [3.05, 3.63) is 46.9 Å². The lowest BCUT2D eigenvalue weighted by molar-refractivity contribution is -1.02. The number of fused-ring (bicyclic) bond motifs is 1. The third-order valence-electron chi connectivity index (χ3n) is 4.74. The average Bonchev–Trinajstić information content (AvgIpc) is 3.14. The normalized spacial score (nSPS) is 22.8. The molecular weight excluding hydrogens is 329 g/mol. The summed E-state index contributed by atoms with van der Waals surface area (Å²) >= 11 is 1.42. The Balaban J connectivity index is 1.80. The number of nitrogens with zero attached hydrogens (tertiary/aromatic N) is 3. The molecule has 1 aliphatic rings. The van der Waals surface area contributed by atoms with Gasteiger partial charge in [-0.15, -0.1) is 0 Å². The van der Waals surface area contributed by atoms with E-state index in [9.17, 15) is 9.50 Å². The average molecular weight is 349 g/mol. The number of rotatable bonds is 3. The molecule has 0 radical (unpaired) electrons. The first-order valence-electron chi connectivity index (χ1n) is 8.06. The Kier molecular flexibility index (Phi) is 3.95. The molecule has 3 heterocycles. The highest BCUT2D eigenvalue weighted by molar-refractivity contribution is 7.17. The third kappa shape index (κ3) is 2.66. The topological polar surface area (TPSA) is 59.3 Å². The standard InChI is InChI=1S/C16H18FN5OS/c1-20-5-7-21(8-6-20)13(11-3-2-4-12(17)9-11)14-15(23)22-16(24-14)18-10-19-22/h2-4,9-10,13,23H,5-8H2,1H3/p+2/t13-/m1/s1. The summed E-state index contributed by atoms with van der Waals surface area (Å²) in [5, 5.41) is 14.7. The van der Waals surface area contributed by atoms with Gasteiger partial charge in [0.1, 0.15) is 43.2 Å². The number of aromatic nitrogens is 3. The highest BCUT2D eigenvalue weighted by atomic mass is 32.1. The molecule has 1 saturated heterocycles. The van der Waals surface area contributed by atoms with E-state index in [-0.39, 0.29) is 17.7 Å². The summed E-state index contributed by atoms with van der Waals surface area (Å²) in [6.07, 6.45) is 1.43. The Morgan fingerprint density at radius 1 is 1.29 bits per heavy atom. The fraction of sp³-hybridized carbons (Fsp3) is 0.375. The Hall–Kier alpha value is -2.03. The molecule has 3 N–H and O–H groups in total. The monoisotopic (exact) mass is 349 g/mol. The van der Waals surface area contributed by atoms with Gasteiger partial charge in [-0.05, 0) is 12.1 Å². The second-order valence-corrected chi connectivity index (χ2v) is 7.36. The van der Waals surface area contributed by atoms with E-state index < -0.39 is 0 Å². The van der Waals surface area contributed by atoms with Crippen LogP contribution in [0.25, 0.3) is 4.96 Å². The first kappa shape index (κ1) is 15.5. The van der Waals surface area contributed by atoms with Crippen molar-refractivity contribution in [1.82, 2.24) is 14.6 Å². The zero-order valence-corrected chi connectivity index (χ0v) is 14.2. The summed E-state index contributed by atoms with van der Waals surface area (Å²) in [6, 6.07) is 6.57. The minimum absolute atomic E-state index is 0.109. The molecule has 24 heavy (non-hydrogen) atoms. The molecule has 0 unspecified atom stereocenters. The van der Waals surface area contributed by atoms with Gasteiger partial charge < -0.3 is 14.9 Å². The zero-order valence-electron chi connectivity index (χ0n) is 13.4. The predicted octanol–water partition coefficient (Wildman–Crippen LogP) is -0.862. The van der Waals surface area contributed by atoms with Gasteiger partial charge in [0, 0.05) is 5.56 Å². The quantitative estimate of drug-likeness (QED) is 0.577. The van der Waals surface area contributed by atoms with Gasteiger partial charge in [0.2, 0.25) is 10.8 Å². The van der Waals surface area contributed by atoms with Gasteiger partial charge in [0.15, 0.2) is 6.04 Å². The van der Waals surface area contributed by atoms with Crippen LogP contribution < -0.4 is 9.80 Å². The lowest BCUT2D eigenvalue weighted by Gasteiger charge is -2.33. The molecule has 126 valence electrons. The highest BCUT2D eigenvalue weighted by Crippen LogP contribution is 2.34. The second kappa shape index (κ2) is 6.12. The highest BCUT2D eigenvalue weighted by Gasteiger charge is 2.35. The molecule has 3 aromatic rings. The number of benzene rings is 1. The summed E-state index contributed by atoms with van der Waals surface area (Å²) in [6.45, 7) is 4.06. The number of halogens is 1. The van der Waals surface area contributed by atoms with Gasteiger partial charge in [0.25, 0.3) is 0 Å². The Bertz CT molecular complexity index is 855. The maximum Gasteiger partial charge on any atom is 0.235 e. The van der Waals surface area contributed by atoms with E-state index in [1.807, 2.05) is 6.07 Å². The number of aromatic hydroxyl groups is 1. The van der Waals surface area contributed by atoms with Gasteiger partial charge in [-0.2, -0.15) is 9.61 Å². The third-order valence-corrected chi connectivity index (χ3v) is 5.84. The zero-order chi connectivity index (χ0) is 16.7. The molecule has 0 bridgehead atoms. The summed E-state index contributed by atoms with van der Waals surface area (Å²) in [5.74, 6) is -0.142. The van der Waals surface area contributed by atoms with Crippen LogP contribution in [0.3, 0.4) is 0 Å². The molecule has 1 fully saturated rings. The summed E-state index contributed by atoms with van der Waals surface area (Å²) in [4.78, 5) is 8.47. The first-order valence-corrected chi connectivity index (χ1v) is 8.88. The van der Waals surface area contributed by atoms with Crippen LogP contribution >= 0.6 is 11.3 Å². The van der Waals surface area contributed by atoms with Crippen molar-refractivity contribution in [3.8, 4) is 5.88 Å². The number of hydrogen-bond acceptors (Lipinski definition) is 4. The van der Waals surface area contributed by atoms with Crippen molar-refractivity contribution in [2.75, 3.05) is 33.2 Å². The summed E-state index contributed by atoms with van der Waals surface area (Å²) in [5.41, 5.74) is 0.879. The van der Waals surface area contributed by atoms with Crippen molar-refractivity contribution in [3.63, 3.8) is 0 Å². The summed E-state index contributed by atoms with van der Waals surface area (Å²) in [7, 11) is 2.19. The molecule has 6 nitrogen and oxygen atoms in total. The van der Waals surface area contributed by atoms with Crippen molar-refractivity contribution >= 4 is 16.3 Å². The van der Waals surface area contributed by atoms with E-state index >= 15 is 0 Å². The molecular formula is C16H20FN5OS+2. The van der Waals surface area contributed by atoms with E-state index in [0.717, 1.165) is 36.6 Å². The predicted molar refractivity (Wildman–Crippen MR) is 88.1 cm³/mol. The van der Waals surface area contributed by atoms with Gasteiger partial charge >= 0.3 is 0 Å². The van der Waals surface area contributed by atoms with Crippen molar-refractivity contribution in [1.29, 1.82) is 0 Å². The molecule has 1 aromatic carbocycles. The van der Waals surface area contributed by atoms with Crippen LogP contribution in [0.2, 0.25) is 0 Å². The Morgan fingerprint density at radius 2 is 2.08 bits per heavy atom. The van der Waals surface area contributed by atoms with Crippen LogP contribution in [0.4, 0.5) is 4.39 Å². The van der Waals surface area contributed by atoms with E-state index in [4.69, 9.17) is 0 Å². The van der Waals surface area contributed by atoms with E-state index in [0.29, 0.717) is 4.96 Å². The van der Waals surface area contributed by atoms with Crippen LogP contribution in [0.1, 0.15) is 16.5 Å². The maximum atomic E-state index is 13.8. The fourth-order valence-corrected chi connectivity index (χ4v) is 4.54. The largest absolute Gasteiger partial charge is 0.492 e. The maximum absolute atomic E-state index is 13.8. The molecule has 0 aliphatic carbocycles. The van der Waals surface area contributed by atoms with Crippen LogP contribution in [0.5, 0.6) is 5.88 Å². The molecule has 0 amide bonds. The number of hydrogen-bond donors (Lipinski definition) is 3. The van der Waals surface area contributed by atoms with Gasteiger partial charge in [-0.25, -0.2) is 9.37 Å². The number of quaternary nitrogens is 2. The smallest absolute Gasteiger partial charge is 0.235 e. The summed E-state index contributed by atoms with van der Waals surface area (Å²) < 4.78 is 15.3. The van der Waals surface area contributed by atoms with Gasteiger partial charge in [-0.1, -0.05) is 23.5 Å². The SMILES string of the molecule is C[NH+]1CC[NH+]([C@H](c2cccc(F)c2)c2sc3ncnn3c2O)CC1. The van der Waals surface area contributed by atoms with Crippen molar-refractivity contribution in [2.45, 2.75) is 6.04 Å².